The van der Waals surface area contributed by atoms with Crippen molar-refractivity contribution in [3.05, 3.63) is 30.1 Å². The smallest absolute Gasteiger partial charge is 0.219 e. The van der Waals surface area contributed by atoms with E-state index in [1.165, 1.54) is 31.2 Å². The minimum Gasteiger partial charge on any atom is -0.356 e. The highest BCUT2D eigenvalue weighted by molar-refractivity contribution is 5.75. The van der Waals surface area contributed by atoms with E-state index in [2.05, 4.69) is 22.4 Å². The predicted molar refractivity (Wildman–Crippen MR) is 74.3 cm³/mol. The molecule has 1 amide bonds. The van der Waals surface area contributed by atoms with Crippen LogP contribution in [-0.4, -0.2) is 17.4 Å². The van der Waals surface area contributed by atoms with Crippen LogP contribution in [-0.2, 0) is 11.2 Å². The molecule has 0 atom stereocenters. The average Bonchev–Trinajstić information content (AvgIpc) is 2.42. The van der Waals surface area contributed by atoms with Gasteiger partial charge in [-0.2, -0.15) is 0 Å². The molecule has 3 heteroatoms. The Morgan fingerprint density at radius 1 is 1.11 bits per heavy atom. The van der Waals surface area contributed by atoms with Crippen molar-refractivity contribution in [1.29, 1.82) is 0 Å². The molecule has 1 aromatic heterocycles. The average molecular weight is 248 g/mol. The number of pyridine rings is 1. The Morgan fingerprint density at radius 2 is 1.78 bits per heavy atom. The third-order valence-corrected chi connectivity index (χ3v) is 3.03. The number of unbranched alkanes of at least 4 members (excludes halogenated alkanes) is 4. The van der Waals surface area contributed by atoms with Crippen LogP contribution < -0.4 is 5.32 Å². The molecule has 0 aliphatic heterocycles. The number of carbonyl (C=O) groups excluding carboxylic acids is 1. The quantitative estimate of drug-likeness (QED) is 0.682. The molecule has 18 heavy (non-hydrogen) atoms. The first-order valence-electron chi connectivity index (χ1n) is 6.98. The fraction of sp³-hybridized carbons (Fsp3) is 0.600. The van der Waals surface area contributed by atoms with Gasteiger partial charge in [-0.1, -0.05) is 26.2 Å². The topological polar surface area (TPSA) is 42.0 Å². The molecule has 1 aromatic rings. The normalized spacial score (nSPS) is 10.3. The molecule has 0 aromatic carbocycles. The molecule has 0 saturated heterocycles. The van der Waals surface area contributed by atoms with Gasteiger partial charge >= 0.3 is 0 Å². The Hall–Kier alpha value is -1.38. The summed E-state index contributed by atoms with van der Waals surface area (Å²) in [6.07, 6.45) is 11.5. The molecule has 1 rings (SSSR count). The monoisotopic (exact) mass is 248 g/mol. The third-order valence-electron chi connectivity index (χ3n) is 3.03. The van der Waals surface area contributed by atoms with Crippen molar-refractivity contribution in [2.75, 3.05) is 6.54 Å². The van der Waals surface area contributed by atoms with E-state index in [0.29, 0.717) is 6.42 Å². The molecule has 0 unspecified atom stereocenters. The summed E-state index contributed by atoms with van der Waals surface area (Å²) >= 11 is 0. The SMILES string of the molecule is CCC(=O)NCCCCCCCc1ccncc1. The molecule has 0 aliphatic carbocycles. The van der Waals surface area contributed by atoms with E-state index in [4.69, 9.17) is 0 Å². The number of amides is 1. The van der Waals surface area contributed by atoms with Crippen molar-refractivity contribution < 1.29 is 4.79 Å². The Kier molecular flexibility index (Phi) is 7.85. The zero-order valence-corrected chi connectivity index (χ0v) is 11.3. The van der Waals surface area contributed by atoms with Gasteiger partial charge in [0.05, 0.1) is 0 Å². The Labute approximate surface area is 110 Å². The first kappa shape index (κ1) is 14.7. The van der Waals surface area contributed by atoms with Gasteiger partial charge in [-0.3, -0.25) is 9.78 Å². The molecule has 3 nitrogen and oxygen atoms in total. The largest absolute Gasteiger partial charge is 0.356 e. The van der Waals surface area contributed by atoms with E-state index in [1.54, 1.807) is 0 Å². The van der Waals surface area contributed by atoms with Crippen molar-refractivity contribution in [3.8, 4) is 0 Å². The van der Waals surface area contributed by atoms with E-state index in [1.807, 2.05) is 19.3 Å². The Balaban J connectivity index is 1.89. The van der Waals surface area contributed by atoms with Gasteiger partial charge < -0.3 is 5.32 Å². The molecular formula is C15H24N2O. The third kappa shape index (κ3) is 7.05. The first-order valence-corrected chi connectivity index (χ1v) is 6.98. The lowest BCUT2D eigenvalue weighted by atomic mass is 10.1. The highest BCUT2D eigenvalue weighted by Crippen LogP contribution is 2.07. The maximum atomic E-state index is 11.0. The van der Waals surface area contributed by atoms with Gasteiger partial charge in [0.1, 0.15) is 0 Å². The molecular weight excluding hydrogens is 224 g/mol. The molecule has 0 radical (unpaired) electrons. The number of carbonyl (C=O) groups is 1. The number of aryl methyl sites for hydroxylation is 1. The second-order valence-corrected chi connectivity index (χ2v) is 4.58. The number of hydrogen-bond donors (Lipinski definition) is 1. The van der Waals surface area contributed by atoms with Crippen molar-refractivity contribution in [2.45, 2.75) is 51.9 Å². The zero-order chi connectivity index (χ0) is 13.1. The fourth-order valence-corrected chi connectivity index (χ4v) is 1.89. The molecule has 0 saturated carbocycles. The summed E-state index contributed by atoms with van der Waals surface area (Å²) in [5.74, 6) is 0.160. The van der Waals surface area contributed by atoms with Crippen LogP contribution in [0.3, 0.4) is 0 Å². The summed E-state index contributed by atoms with van der Waals surface area (Å²) in [6, 6.07) is 4.17. The highest BCUT2D eigenvalue weighted by atomic mass is 16.1. The number of nitrogens with one attached hydrogen (secondary N) is 1. The molecule has 0 bridgehead atoms. The van der Waals surface area contributed by atoms with Crippen molar-refractivity contribution in [2.24, 2.45) is 0 Å². The summed E-state index contributed by atoms with van der Waals surface area (Å²) < 4.78 is 0. The van der Waals surface area contributed by atoms with Gasteiger partial charge in [-0.25, -0.2) is 0 Å². The van der Waals surface area contributed by atoms with Crippen LogP contribution in [0.1, 0.15) is 51.0 Å². The zero-order valence-electron chi connectivity index (χ0n) is 11.3. The Morgan fingerprint density at radius 3 is 2.50 bits per heavy atom. The maximum Gasteiger partial charge on any atom is 0.219 e. The summed E-state index contributed by atoms with van der Waals surface area (Å²) in [7, 11) is 0. The van der Waals surface area contributed by atoms with Crippen LogP contribution in [0.25, 0.3) is 0 Å². The van der Waals surface area contributed by atoms with E-state index >= 15 is 0 Å². The van der Waals surface area contributed by atoms with Gasteiger partial charge in [0, 0.05) is 25.4 Å². The lowest BCUT2D eigenvalue weighted by Crippen LogP contribution is -2.23. The second-order valence-electron chi connectivity index (χ2n) is 4.58. The second kappa shape index (κ2) is 9.63. The fourth-order valence-electron chi connectivity index (χ4n) is 1.89. The van der Waals surface area contributed by atoms with Crippen molar-refractivity contribution >= 4 is 5.91 Å². The van der Waals surface area contributed by atoms with Crippen LogP contribution in [0.2, 0.25) is 0 Å². The van der Waals surface area contributed by atoms with E-state index < -0.39 is 0 Å². The molecule has 1 heterocycles. The lowest BCUT2D eigenvalue weighted by Gasteiger charge is -2.04. The lowest BCUT2D eigenvalue weighted by molar-refractivity contribution is -0.120. The van der Waals surface area contributed by atoms with Gasteiger partial charge in [0.15, 0.2) is 0 Å². The number of aromatic nitrogens is 1. The van der Waals surface area contributed by atoms with Gasteiger partial charge in [0.25, 0.3) is 0 Å². The Bertz CT molecular complexity index is 325. The van der Waals surface area contributed by atoms with Gasteiger partial charge in [-0.15, -0.1) is 0 Å². The van der Waals surface area contributed by atoms with Crippen LogP contribution in [0.5, 0.6) is 0 Å². The highest BCUT2D eigenvalue weighted by Gasteiger charge is 1.96. The van der Waals surface area contributed by atoms with Crippen molar-refractivity contribution in [3.63, 3.8) is 0 Å². The molecule has 1 N–H and O–H groups in total. The van der Waals surface area contributed by atoms with Crippen LogP contribution in [0.4, 0.5) is 0 Å². The van der Waals surface area contributed by atoms with E-state index in [0.717, 1.165) is 19.4 Å². The van der Waals surface area contributed by atoms with Crippen LogP contribution in [0.15, 0.2) is 24.5 Å². The van der Waals surface area contributed by atoms with Crippen LogP contribution in [0, 0.1) is 0 Å². The van der Waals surface area contributed by atoms with Crippen LogP contribution >= 0.6 is 0 Å². The number of rotatable bonds is 9. The number of nitrogens with zero attached hydrogens (tertiary/aromatic N) is 1. The van der Waals surface area contributed by atoms with E-state index in [9.17, 15) is 4.79 Å². The minimum atomic E-state index is 0.160. The first-order chi connectivity index (χ1) is 8.83. The standard InChI is InChI=1S/C15H24N2O/c1-2-15(18)17-11-7-5-3-4-6-8-14-9-12-16-13-10-14/h9-10,12-13H,2-8,11H2,1H3,(H,17,18). The predicted octanol–water partition coefficient (Wildman–Crippen LogP) is 3.10. The van der Waals surface area contributed by atoms with Crippen molar-refractivity contribution in [1.82, 2.24) is 10.3 Å². The van der Waals surface area contributed by atoms with Gasteiger partial charge in [0.2, 0.25) is 5.91 Å². The van der Waals surface area contributed by atoms with E-state index in [-0.39, 0.29) is 5.91 Å². The summed E-state index contributed by atoms with van der Waals surface area (Å²) in [5, 5.41) is 2.90. The molecule has 0 fully saturated rings. The number of hydrogen-bond acceptors (Lipinski definition) is 2. The summed E-state index contributed by atoms with van der Waals surface area (Å²) in [4.78, 5) is 15.0. The molecule has 100 valence electrons. The summed E-state index contributed by atoms with van der Waals surface area (Å²) in [5.41, 5.74) is 1.38. The molecule has 0 spiro atoms. The van der Waals surface area contributed by atoms with Gasteiger partial charge in [-0.05, 0) is 37.0 Å². The minimum absolute atomic E-state index is 0.160. The molecule has 0 aliphatic rings. The maximum absolute atomic E-state index is 11.0. The summed E-state index contributed by atoms with van der Waals surface area (Å²) in [6.45, 7) is 2.71.